The first kappa shape index (κ1) is 22.3. The summed E-state index contributed by atoms with van der Waals surface area (Å²) in [5.41, 5.74) is 5.41. The molecule has 3 heterocycles. The molecular weight excluding hydrogens is 431 g/mol. The summed E-state index contributed by atoms with van der Waals surface area (Å²) in [5.74, 6) is -0.884. The third kappa shape index (κ3) is 5.61. The molecule has 14 heteroatoms. The van der Waals surface area contributed by atoms with Crippen molar-refractivity contribution in [1.29, 1.82) is 5.41 Å². The van der Waals surface area contributed by atoms with Crippen molar-refractivity contribution in [1.82, 2.24) is 24.6 Å². The van der Waals surface area contributed by atoms with Crippen LogP contribution in [0.3, 0.4) is 0 Å². The lowest BCUT2D eigenvalue weighted by Crippen LogP contribution is -2.48. The van der Waals surface area contributed by atoms with Gasteiger partial charge < -0.3 is 15.4 Å². The predicted octanol–water partition coefficient (Wildman–Crippen LogP) is -0.121. The van der Waals surface area contributed by atoms with Gasteiger partial charge in [0.25, 0.3) is 0 Å². The van der Waals surface area contributed by atoms with Crippen molar-refractivity contribution in [3.63, 3.8) is 0 Å². The molecule has 1 aliphatic heterocycles. The molecule has 1 saturated heterocycles. The summed E-state index contributed by atoms with van der Waals surface area (Å²) >= 11 is 0. The summed E-state index contributed by atoms with van der Waals surface area (Å²) in [7, 11) is -3.24. The Morgan fingerprint density at radius 3 is 2.48 bits per heavy atom. The molecule has 166 valence electrons. The van der Waals surface area contributed by atoms with Gasteiger partial charge in [0.15, 0.2) is 11.8 Å². The first-order chi connectivity index (χ1) is 14.6. The van der Waals surface area contributed by atoms with E-state index >= 15 is 0 Å². The molecule has 31 heavy (non-hydrogen) atoms. The summed E-state index contributed by atoms with van der Waals surface area (Å²) in [4.78, 5) is 25.8. The van der Waals surface area contributed by atoms with E-state index in [2.05, 4.69) is 15.0 Å². The van der Waals surface area contributed by atoms with E-state index in [1.807, 2.05) is 10.2 Å². The van der Waals surface area contributed by atoms with Crippen LogP contribution in [-0.2, 0) is 21.4 Å². The molecule has 1 amide bonds. The van der Waals surface area contributed by atoms with Crippen LogP contribution in [-0.4, -0.2) is 72.2 Å². The topological polar surface area (TPSA) is 167 Å². The minimum absolute atomic E-state index is 0.0125. The number of ether oxygens (including phenoxy) is 1. The number of rotatable bonds is 5. The van der Waals surface area contributed by atoms with Crippen LogP contribution in [0, 0.1) is 11.2 Å². The Morgan fingerprint density at radius 2 is 1.90 bits per heavy atom. The first-order valence-corrected chi connectivity index (χ1v) is 10.9. The SMILES string of the molecule is CS(=O)(=O)N1CCN(c2ncc(-c3nccc(COC(=O)NC(=N)N)c3F)cn2)CC1. The molecule has 4 N–H and O–H groups in total. The zero-order valence-corrected chi connectivity index (χ0v) is 17.4. The number of guanidine groups is 1. The minimum Gasteiger partial charge on any atom is -0.444 e. The summed E-state index contributed by atoms with van der Waals surface area (Å²) < 4.78 is 44.2. The summed E-state index contributed by atoms with van der Waals surface area (Å²) in [6, 6.07) is 1.36. The van der Waals surface area contributed by atoms with Gasteiger partial charge in [0.2, 0.25) is 16.0 Å². The number of pyridine rings is 1. The number of nitrogens with two attached hydrogens (primary N) is 1. The second-order valence-electron chi connectivity index (χ2n) is 6.67. The number of nitrogens with one attached hydrogen (secondary N) is 2. The number of halogens is 1. The number of anilines is 1. The van der Waals surface area contributed by atoms with Crippen LogP contribution >= 0.6 is 0 Å². The summed E-state index contributed by atoms with van der Waals surface area (Å²) in [6.45, 7) is 1.16. The Hall–Kier alpha value is -3.39. The smallest absolute Gasteiger partial charge is 0.414 e. The lowest BCUT2D eigenvalue weighted by Gasteiger charge is -2.33. The molecule has 0 aromatic carbocycles. The number of nitrogens with zero attached hydrogens (tertiary/aromatic N) is 5. The van der Waals surface area contributed by atoms with E-state index < -0.39 is 27.9 Å². The van der Waals surface area contributed by atoms with Gasteiger partial charge in [-0.2, -0.15) is 4.31 Å². The highest BCUT2D eigenvalue weighted by Crippen LogP contribution is 2.23. The number of amides is 1. The molecule has 0 unspecified atom stereocenters. The van der Waals surface area contributed by atoms with Crippen molar-refractivity contribution in [2.75, 3.05) is 37.3 Å². The number of piperazine rings is 1. The number of alkyl carbamates (subject to hydrolysis) is 1. The average Bonchev–Trinajstić information content (AvgIpc) is 2.72. The molecule has 12 nitrogen and oxygen atoms in total. The number of aromatic nitrogens is 3. The lowest BCUT2D eigenvalue weighted by atomic mass is 10.1. The highest BCUT2D eigenvalue weighted by Gasteiger charge is 2.24. The van der Waals surface area contributed by atoms with Gasteiger partial charge in [-0.3, -0.25) is 15.7 Å². The van der Waals surface area contributed by atoms with Crippen molar-refractivity contribution < 1.29 is 22.3 Å². The van der Waals surface area contributed by atoms with Crippen LogP contribution in [0.15, 0.2) is 24.7 Å². The van der Waals surface area contributed by atoms with Gasteiger partial charge in [0.05, 0.1) is 6.26 Å². The van der Waals surface area contributed by atoms with E-state index in [9.17, 15) is 17.6 Å². The van der Waals surface area contributed by atoms with E-state index in [0.717, 1.165) is 0 Å². The summed E-state index contributed by atoms with van der Waals surface area (Å²) in [6.07, 6.45) is 4.39. The van der Waals surface area contributed by atoms with Crippen LogP contribution in [0.4, 0.5) is 15.1 Å². The van der Waals surface area contributed by atoms with Crippen LogP contribution in [0.1, 0.15) is 5.56 Å². The van der Waals surface area contributed by atoms with Crippen molar-refractivity contribution in [3.8, 4) is 11.3 Å². The number of carbonyl (C=O) groups excluding carboxylic acids is 1. The van der Waals surface area contributed by atoms with Gasteiger partial charge >= 0.3 is 6.09 Å². The Bertz CT molecular complexity index is 1070. The largest absolute Gasteiger partial charge is 0.444 e. The zero-order chi connectivity index (χ0) is 22.6. The first-order valence-electron chi connectivity index (χ1n) is 9.09. The average molecular weight is 452 g/mol. The van der Waals surface area contributed by atoms with Crippen molar-refractivity contribution in [2.45, 2.75) is 6.61 Å². The van der Waals surface area contributed by atoms with E-state index in [1.165, 1.54) is 35.2 Å². The molecule has 0 bridgehead atoms. The summed E-state index contributed by atoms with van der Waals surface area (Å²) in [5, 5.41) is 8.89. The Labute approximate surface area is 177 Å². The highest BCUT2D eigenvalue weighted by molar-refractivity contribution is 7.88. The molecule has 0 spiro atoms. The van der Waals surface area contributed by atoms with Gasteiger partial charge in [0.1, 0.15) is 12.3 Å². The second kappa shape index (κ2) is 9.18. The third-order valence-corrected chi connectivity index (χ3v) is 5.77. The molecule has 3 rings (SSSR count). The molecule has 0 atom stereocenters. The fourth-order valence-corrected chi connectivity index (χ4v) is 3.74. The minimum atomic E-state index is -3.24. The zero-order valence-electron chi connectivity index (χ0n) is 16.6. The standard InChI is InChI=1S/C17H21FN8O4S/c1-31(28,29)26-6-4-25(5-7-26)16-22-8-12(9-23-16)14-13(18)11(2-3-21-14)10-30-17(27)24-15(19)20/h2-3,8-9H,4-7,10H2,1H3,(H4,19,20,24,27). The predicted molar refractivity (Wildman–Crippen MR) is 109 cm³/mol. The molecule has 2 aromatic heterocycles. The molecule has 0 aliphatic carbocycles. The fourth-order valence-electron chi connectivity index (χ4n) is 2.91. The number of carbonyl (C=O) groups is 1. The van der Waals surface area contributed by atoms with E-state index in [0.29, 0.717) is 37.7 Å². The van der Waals surface area contributed by atoms with Gasteiger partial charge in [-0.05, 0) is 6.07 Å². The molecule has 2 aromatic rings. The quantitative estimate of drug-likeness (QED) is 0.414. The van der Waals surface area contributed by atoms with Crippen LogP contribution in [0.5, 0.6) is 0 Å². The second-order valence-corrected chi connectivity index (χ2v) is 8.65. The van der Waals surface area contributed by atoms with Crippen molar-refractivity contribution >= 4 is 28.0 Å². The Kier molecular flexibility index (Phi) is 6.60. The number of hydrogen-bond donors (Lipinski definition) is 3. The highest BCUT2D eigenvalue weighted by atomic mass is 32.2. The van der Waals surface area contributed by atoms with Gasteiger partial charge in [-0.1, -0.05) is 0 Å². The van der Waals surface area contributed by atoms with Crippen LogP contribution in [0.2, 0.25) is 0 Å². The van der Waals surface area contributed by atoms with Crippen LogP contribution < -0.4 is 16.0 Å². The molecular formula is C17H21FN8O4S. The molecule has 1 fully saturated rings. The normalized spacial score (nSPS) is 14.8. The molecule has 0 radical (unpaired) electrons. The Morgan fingerprint density at radius 1 is 1.26 bits per heavy atom. The van der Waals surface area contributed by atoms with Gasteiger partial charge in [-0.25, -0.2) is 27.6 Å². The maximum absolute atomic E-state index is 14.8. The molecule has 0 saturated carbocycles. The van der Waals surface area contributed by atoms with Crippen LogP contribution in [0.25, 0.3) is 11.3 Å². The van der Waals surface area contributed by atoms with Crippen molar-refractivity contribution in [2.24, 2.45) is 5.73 Å². The molecule has 1 aliphatic rings. The maximum atomic E-state index is 14.8. The van der Waals surface area contributed by atoms with E-state index in [-0.39, 0.29) is 17.9 Å². The van der Waals surface area contributed by atoms with E-state index in [1.54, 1.807) is 0 Å². The Balaban J connectivity index is 1.69. The fraction of sp³-hybridized carbons (Fsp3) is 0.353. The van der Waals surface area contributed by atoms with Crippen molar-refractivity contribution in [3.05, 3.63) is 36.0 Å². The number of sulfonamides is 1. The van der Waals surface area contributed by atoms with Gasteiger partial charge in [0, 0.05) is 55.9 Å². The lowest BCUT2D eigenvalue weighted by molar-refractivity contribution is 0.143. The third-order valence-electron chi connectivity index (χ3n) is 4.47. The van der Waals surface area contributed by atoms with E-state index in [4.69, 9.17) is 15.9 Å². The maximum Gasteiger partial charge on any atom is 0.414 e. The number of hydrogen-bond acceptors (Lipinski definition) is 9. The monoisotopic (exact) mass is 452 g/mol. The van der Waals surface area contributed by atoms with Gasteiger partial charge in [-0.15, -0.1) is 0 Å².